The van der Waals surface area contributed by atoms with Crippen LogP contribution in [0.25, 0.3) is 0 Å². The Kier molecular flexibility index (Phi) is 3.92. The average molecular weight is 298 g/mol. The Morgan fingerprint density at radius 2 is 1.81 bits per heavy atom. The number of aromatic nitrogens is 2. The first kappa shape index (κ1) is 14.6. The Labute approximate surface area is 116 Å². The van der Waals surface area contributed by atoms with Gasteiger partial charge in [0, 0.05) is 0 Å². The second kappa shape index (κ2) is 5.65. The lowest BCUT2D eigenvalue weighted by atomic mass is 10.3. The van der Waals surface area contributed by atoms with Crippen LogP contribution in [-0.4, -0.2) is 16.0 Å². The van der Waals surface area contributed by atoms with Crippen LogP contribution in [0.2, 0.25) is 0 Å². The summed E-state index contributed by atoms with van der Waals surface area (Å²) >= 11 is 0. The van der Waals surface area contributed by atoms with Gasteiger partial charge in [-0.1, -0.05) is 12.1 Å². The molecule has 0 aliphatic carbocycles. The van der Waals surface area contributed by atoms with Crippen LogP contribution in [0.4, 0.5) is 23.7 Å². The van der Waals surface area contributed by atoms with E-state index in [9.17, 15) is 18.0 Å². The summed E-state index contributed by atoms with van der Waals surface area (Å²) in [5.41, 5.74) is 5.27. The van der Waals surface area contributed by atoms with E-state index in [-0.39, 0.29) is 17.2 Å². The standard InChI is InChI=1S/C12H9F3N4O2/c13-12(14,15)10-17-5-7(6-18-10)21-9-4-2-1-3-8(9)19-11(16)20/h1-6H,(H3,16,19,20). The van der Waals surface area contributed by atoms with Crippen LogP contribution < -0.4 is 15.8 Å². The van der Waals surface area contributed by atoms with Crippen molar-refractivity contribution in [3.8, 4) is 11.5 Å². The summed E-state index contributed by atoms with van der Waals surface area (Å²) in [6, 6.07) is 5.47. The van der Waals surface area contributed by atoms with Crippen LogP contribution in [-0.2, 0) is 6.18 Å². The van der Waals surface area contributed by atoms with Crippen molar-refractivity contribution in [1.29, 1.82) is 0 Å². The molecule has 2 amide bonds. The molecular weight excluding hydrogens is 289 g/mol. The van der Waals surface area contributed by atoms with Gasteiger partial charge >= 0.3 is 12.2 Å². The first-order valence-corrected chi connectivity index (χ1v) is 5.59. The molecule has 0 fully saturated rings. The number of benzene rings is 1. The van der Waals surface area contributed by atoms with Crippen molar-refractivity contribution in [3.05, 3.63) is 42.5 Å². The van der Waals surface area contributed by atoms with E-state index in [1.807, 2.05) is 0 Å². The molecule has 110 valence electrons. The minimum atomic E-state index is -4.62. The molecule has 21 heavy (non-hydrogen) atoms. The molecule has 0 unspecified atom stereocenters. The number of anilines is 1. The zero-order valence-corrected chi connectivity index (χ0v) is 10.4. The maximum Gasteiger partial charge on any atom is 0.451 e. The van der Waals surface area contributed by atoms with Crippen molar-refractivity contribution in [2.45, 2.75) is 6.18 Å². The highest BCUT2D eigenvalue weighted by atomic mass is 19.4. The lowest BCUT2D eigenvalue weighted by Crippen LogP contribution is -2.19. The highest BCUT2D eigenvalue weighted by Gasteiger charge is 2.34. The molecule has 0 spiro atoms. The average Bonchev–Trinajstić information content (AvgIpc) is 2.40. The molecule has 0 bridgehead atoms. The molecule has 2 rings (SSSR count). The zero-order chi connectivity index (χ0) is 15.5. The molecule has 0 radical (unpaired) electrons. The number of ether oxygens (including phenoxy) is 1. The number of halogens is 3. The lowest BCUT2D eigenvalue weighted by molar-refractivity contribution is -0.145. The fourth-order valence-corrected chi connectivity index (χ4v) is 1.43. The Hall–Kier alpha value is -2.84. The van der Waals surface area contributed by atoms with Crippen LogP contribution in [0.15, 0.2) is 36.7 Å². The molecule has 0 saturated heterocycles. The number of hydrogen-bond donors (Lipinski definition) is 2. The van der Waals surface area contributed by atoms with E-state index < -0.39 is 18.0 Å². The molecule has 1 aromatic carbocycles. The quantitative estimate of drug-likeness (QED) is 0.911. The van der Waals surface area contributed by atoms with Gasteiger partial charge in [-0.2, -0.15) is 13.2 Å². The number of rotatable bonds is 3. The zero-order valence-electron chi connectivity index (χ0n) is 10.4. The summed E-state index contributed by atoms with van der Waals surface area (Å²) in [4.78, 5) is 17.2. The number of urea groups is 1. The molecular formula is C12H9F3N4O2. The van der Waals surface area contributed by atoms with Crippen LogP contribution in [0.5, 0.6) is 11.5 Å². The molecule has 3 N–H and O–H groups in total. The van der Waals surface area contributed by atoms with Crippen molar-refractivity contribution in [1.82, 2.24) is 9.97 Å². The van der Waals surface area contributed by atoms with E-state index in [2.05, 4.69) is 15.3 Å². The van der Waals surface area contributed by atoms with Crippen molar-refractivity contribution in [2.24, 2.45) is 5.73 Å². The Morgan fingerprint density at radius 1 is 1.19 bits per heavy atom. The predicted octanol–water partition coefficient (Wildman–Crippen LogP) is 2.78. The number of hydrogen-bond acceptors (Lipinski definition) is 4. The minimum Gasteiger partial charge on any atom is -0.452 e. The Bertz CT molecular complexity index is 644. The number of nitrogens with one attached hydrogen (secondary N) is 1. The van der Waals surface area contributed by atoms with Gasteiger partial charge in [0.05, 0.1) is 18.1 Å². The third-order valence-corrected chi connectivity index (χ3v) is 2.25. The van der Waals surface area contributed by atoms with Gasteiger partial charge in [-0.05, 0) is 12.1 Å². The van der Waals surface area contributed by atoms with Gasteiger partial charge in [0.25, 0.3) is 0 Å². The molecule has 0 atom stereocenters. The number of carbonyl (C=O) groups excluding carboxylic acids is 1. The van der Waals surface area contributed by atoms with Crippen LogP contribution in [0.3, 0.4) is 0 Å². The monoisotopic (exact) mass is 298 g/mol. The first-order valence-electron chi connectivity index (χ1n) is 5.59. The first-order chi connectivity index (χ1) is 9.86. The van der Waals surface area contributed by atoms with Crippen molar-refractivity contribution >= 4 is 11.7 Å². The van der Waals surface area contributed by atoms with E-state index >= 15 is 0 Å². The number of nitrogens with zero attached hydrogens (tertiary/aromatic N) is 2. The normalized spacial score (nSPS) is 11.0. The molecule has 6 nitrogen and oxygen atoms in total. The van der Waals surface area contributed by atoms with Gasteiger partial charge in [0.15, 0.2) is 11.5 Å². The van der Waals surface area contributed by atoms with E-state index in [0.717, 1.165) is 12.4 Å². The maximum atomic E-state index is 12.3. The Morgan fingerprint density at radius 3 is 2.38 bits per heavy atom. The van der Waals surface area contributed by atoms with Gasteiger partial charge in [0.2, 0.25) is 5.82 Å². The molecule has 1 aromatic heterocycles. The SMILES string of the molecule is NC(=O)Nc1ccccc1Oc1cnc(C(F)(F)F)nc1. The van der Waals surface area contributed by atoms with Crippen molar-refractivity contribution < 1.29 is 22.7 Å². The van der Waals surface area contributed by atoms with E-state index in [4.69, 9.17) is 10.5 Å². The highest BCUT2D eigenvalue weighted by molar-refractivity contribution is 5.89. The van der Waals surface area contributed by atoms with Gasteiger partial charge in [-0.3, -0.25) is 0 Å². The molecule has 9 heteroatoms. The van der Waals surface area contributed by atoms with Gasteiger partial charge in [-0.15, -0.1) is 0 Å². The number of para-hydroxylation sites is 2. The summed E-state index contributed by atoms with van der Waals surface area (Å²) in [5, 5.41) is 2.32. The van der Waals surface area contributed by atoms with Crippen molar-refractivity contribution in [2.75, 3.05) is 5.32 Å². The summed E-state index contributed by atoms with van der Waals surface area (Å²) in [5.74, 6) is -1.08. The number of primary amides is 1. The smallest absolute Gasteiger partial charge is 0.451 e. The fourth-order valence-electron chi connectivity index (χ4n) is 1.43. The van der Waals surface area contributed by atoms with Gasteiger partial charge in [0.1, 0.15) is 0 Å². The third-order valence-electron chi connectivity index (χ3n) is 2.25. The van der Waals surface area contributed by atoms with Gasteiger partial charge < -0.3 is 15.8 Å². The summed E-state index contributed by atoms with van der Waals surface area (Å²) in [6.45, 7) is 0. The molecule has 1 heterocycles. The fraction of sp³-hybridized carbons (Fsp3) is 0.0833. The molecule has 0 aliphatic rings. The van der Waals surface area contributed by atoms with E-state index in [1.165, 1.54) is 12.1 Å². The summed E-state index contributed by atoms with van der Waals surface area (Å²) in [6.07, 6.45) is -2.85. The van der Waals surface area contributed by atoms with Crippen LogP contribution >= 0.6 is 0 Å². The van der Waals surface area contributed by atoms with Gasteiger partial charge in [-0.25, -0.2) is 14.8 Å². The van der Waals surface area contributed by atoms with Crippen molar-refractivity contribution in [3.63, 3.8) is 0 Å². The molecule has 0 saturated carbocycles. The maximum absolute atomic E-state index is 12.3. The second-order valence-corrected chi connectivity index (χ2v) is 3.83. The van der Waals surface area contributed by atoms with Crippen LogP contribution in [0, 0.1) is 0 Å². The number of nitrogens with two attached hydrogens (primary N) is 1. The summed E-state index contributed by atoms with van der Waals surface area (Å²) < 4.78 is 42.3. The number of alkyl halides is 3. The largest absolute Gasteiger partial charge is 0.452 e. The lowest BCUT2D eigenvalue weighted by Gasteiger charge is -2.11. The summed E-state index contributed by atoms with van der Waals surface area (Å²) in [7, 11) is 0. The van der Waals surface area contributed by atoms with Crippen LogP contribution in [0.1, 0.15) is 5.82 Å². The predicted molar refractivity (Wildman–Crippen MR) is 66.8 cm³/mol. The van der Waals surface area contributed by atoms with E-state index in [1.54, 1.807) is 12.1 Å². The molecule has 2 aromatic rings. The third kappa shape index (κ3) is 3.81. The van der Waals surface area contributed by atoms with E-state index in [0.29, 0.717) is 0 Å². The Balaban J connectivity index is 2.20. The number of amides is 2. The number of carbonyl (C=O) groups is 1. The minimum absolute atomic E-state index is 0.0123. The molecule has 0 aliphatic heterocycles. The highest BCUT2D eigenvalue weighted by Crippen LogP contribution is 2.30. The second-order valence-electron chi connectivity index (χ2n) is 3.83. The topological polar surface area (TPSA) is 90.1 Å².